The molecule has 0 unspecified atom stereocenters. The lowest BCUT2D eigenvalue weighted by atomic mass is 10.1. The molecule has 1 N–H and O–H groups in total. The fraction of sp³-hybridized carbons (Fsp3) is 0.250. The Morgan fingerprint density at radius 3 is 2.67 bits per heavy atom. The van der Waals surface area contributed by atoms with E-state index in [1.54, 1.807) is 25.1 Å². The second kappa shape index (κ2) is 6.85. The van der Waals surface area contributed by atoms with Gasteiger partial charge in [-0.25, -0.2) is 4.79 Å². The first-order chi connectivity index (χ1) is 10.1. The largest absolute Gasteiger partial charge is 0.487 e. The number of hydrogen-bond acceptors (Lipinski definition) is 5. The highest BCUT2D eigenvalue weighted by Gasteiger charge is 2.09. The molecule has 0 saturated carbocycles. The molecule has 5 heteroatoms. The van der Waals surface area contributed by atoms with Gasteiger partial charge < -0.3 is 14.6 Å². The van der Waals surface area contributed by atoms with E-state index < -0.39 is 12.1 Å². The van der Waals surface area contributed by atoms with Crippen LogP contribution in [0.3, 0.4) is 0 Å². The molecule has 0 spiro atoms. The van der Waals surface area contributed by atoms with Crippen molar-refractivity contribution in [3.63, 3.8) is 0 Å². The van der Waals surface area contributed by atoms with E-state index in [-0.39, 0.29) is 6.61 Å². The van der Waals surface area contributed by atoms with Crippen molar-refractivity contribution in [2.75, 3.05) is 7.11 Å². The Morgan fingerprint density at radius 2 is 2.05 bits per heavy atom. The molecule has 0 aliphatic heterocycles. The predicted octanol–water partition coefficient (Wildman–Crippen LogP) is 2.50. The Kier molecular flexibility index (Phi) is 4.90. The fourth-order valence-electron chi connectivity index (χ4n) is 1.86. The minimum absolute atomic E-state index is 0.255. The van der Waals surface area contributed by atoms with Crippen molar-refractivity contribution in [3.05, 3.63) is 59.4 Å². The molecule has 1 atom stereocenters. The van der Waals surface area contributed by atoms with Gasteiger partial charge in [0.05, 0.1) is 24.5 Å². The first kappa shape index (κ1) is 15.0. The second-order valence-corrected chi connectivity index (χ2v) is 4.53. The van der Waals surface area contributed by atoms with Crippen LogP contribution in [-0.2, 0) is 11.3 Å². The maximum Gasteiger partial charge on any atom is 0.339 e. The standard InChI is InChI=1S/C16H17NO4/c1-11(18)14-5-3-4-6-15(14)21-10-13-8-7-12(9-17-13)16(19)20-2/h3-9,11,18H,10H2,1-2H3/t11-/m1/s1. The van der Waals surface area contributed by atoms with Crippen molar-refractivity contribution in [3.8, 4) is 5.75 Å². The molecule has 0 bridgehead atoms. The average Bonchev–Trinajstić information content (AvgIpc) is 2.52. The number of ether oxygens (including phenoxy) is 2. The molecular weight excluding hydrogens is 270 g/mol. The van der Waals surface area contributed by atoms with Gasteiger partial charge in [-0.2, -0.15) is 0 Å². The van der Waals surface area contributed by atoms with Crippen LogP contribution in [0.15, 0.2) is 42.6 Å². The summed E-state index contributed by atoms with van der Waals surface area (Å²) in [4.78, 5) is 15.5. The maximum atomic E-state index is 11.3. The lowest BCUT2D eigenvalue weighted by molar-refractivity contribution is 0.0600. The zero-order chi connectivity index (χ0) is 15.2. The molecule has 21 heavy (non-hydrogen) atoms. The predicted molar refractivity (Wildman–Crippen MR) is 77.0 cm³/mol. The second-order valence-electron chi connectivity index (χ2n) is 4.53. The molecule has 1 aromatic carbocycles. The third kappa shape index (κ3) is 3.79. The van der Waals surface area contributed by atoms with Crippen LogP contribution in [0.1, 0.15) is 34.6 Å². The Morgan fingerprint density at radius 1 is 1.29 bits per heavy atom. The lowest BCUT2D eigenvalue weighted by Gasteiger charge is -2.13. The number of para-hydroxylation sites is 1. The van der Waals surface area contributed by atoms with Gasteiger partial charge in [0.15, 0.2) is 0 Å². The SMILES string of the molecule is COC(=O)c1ccc(COc2ccccc2[C@@H](C)O)nc1. The van der Waals surface area contributed by atoms with Crippen molar-refractivity contribution in [1.82, 2.24) is 4.98 Å². The number of rotatable bonds is 5. The highest BCUT2D eigenvalue weighted by Crippen LogP contribution is 2.25. The molecule has 2 rings (SSSR count). The normalized spacial score (nSPS) is 11.8. The monoisotopic (exact) mass is 287 g/mol. The van der Waals surface area contributed by atoms with Gasteiger partial charge in [-0.15, -0.1) is 0 Å². The first-order valence-electron chi connectivity index (χ1n) is 6.55. The zero-order valence-corrected chi connectivity index (χ0v) is 11.9. The molecule has 0 saturated heterocycles. The number of methoxy groups -OCH3 is 1. The minimum atomic E-state index is -0.601. The molecule has 5 nitrogen and oxygen atoms in total. The fourth-order valence-corrected chi connectivity index (χ4v) is 1.86. The number of carbonyl (C=O) groups is 1. The summed E-state index contributed by atoms with van der Waals surface area (Å²) in [5, 5.41) is 9.68. The van der Waals surface area contributed by atoms with Gasteiger partial charge in [0, 0.05) is 11.8 Å². The summed E-state index contributed by atoms with van der Waals surface area (Å²) < 4.78 is 10.3. The summed E-state index contributed by atoms with van der Waals surface area (Å²) in [5.74, 6) is 0.195. The van der Waals surface area contributed by atoms with Crippen LogP contribution in [0.5, 0.6) is 5.75 Å². The third-order valence-electron chi connectivity index (χ3n) is 2.99. The minimum Gasteiger partial charge on any atom is -0.487 e. The summed E-state index contributed by atoms with van der Waals surface area (Å²) in [6.07, 6.45) is 0.848. The zero-order valence-electron chi connectivity index (χ0n) is 11.9. The van der Waals surface area contributed by atoms with Gasteiger partial charge >= 0.3 is 5.97 Å². The van der Waals surface area contributed by atoms with Gasteiger partial charge in [0.2, 0.25) is 0 Å². The Hall–Kier alpha value is -2.40. The topological polar surface area (TPSA) is 68.7 Å². The van der Waals surface area contributed by atoms with Gasteiger partial charge in [0.25, 0.3) is 0 Å². The number of hydrogen-bond donors (Lipinski definition) is 1. The molecule has 0 radical (unpaired) electrons. The van der Waals surface area contributed by atoms with Crippen LogP contribution in [0.25, 0.3) is 0 Å². The number of aliphatic hydroxyl groups excluding tert-OH is 1. The average molecular weight is 287 g/mol. The van der Waals surface area contributed by atoms with Crippen LogP contribution in [0, 0.1) is 0 Å². The molecule has 2 aromatic rings. The summed E-state index contributed by atoms with van der Waals surface area (Å²) in [6.45, 7) is 1.94. The number of aromatic nitrogens is 1. The van der Waals surface area contributed by atoms with Gasteiger partial charge in [0.1, 0.15) is 12.4 Å². The molecule has 1 aromatic heterocycles. The van der Waals surface area contributed by atoms with Gasteiger partial charge in [-0.1, -0.05) is 18.2 Å². The molecule has 110 valence electrons. The van der Waals surface area contributed by atoms with E-state index in [0.717, 1.165) is 5.56 Å². The van der Waals surface area contributed by atoms with Crippen molar-refractivity contribution < 1.29 is 19.4 Å². The van der Waals surface area contributed by atoms with Crippen molar-refractivity contribution in [2.45, 2.75) is 19.6 Å². The van der Waals surface area contributed by atoms with E-state index in [9.17, 15) is 9.90 Å². The summed E-state index contributed by atoms with van der Waals surface area (Å²) in [7, 11) is 1.33. The van der Waals surface area contributed by atoms with Crippen LogP contribution in [0.2, 0.25) is 0 Å². The number of benzene rings is 1. The smallest absolute Gasteiger partial charge is 0.339 e. The van der Waals surface area contributed by atoms with E-state index in [2.05, 4.69) is 9.72 Å². The van der Waals surface area contributed by atoms with E-state index in [0.29, 0.717) is 17.0 Å². The van der Waals surface area contributed by atoms with Crippen molar-refractivity contribution in [1.29, 1.82) is 0 Å². The highest BCUT2D eigenvalue weighted by atomic mass is 16.5. The quantitative estimate of drug-likeness (QED) is 0.856. The van der Waals surface area contributed by atoms with Crippen LogP contribution in [0.4, 0.5) is 0 Å². The molecular formula is C16H17NO4. The molecule has 1 heterocycles. The molecule has 0 fully saturated rings. The van der Waals surface area contributed by atoms with Crippen molar-refractivity contribution >= 4 is 5.97 Å². The van der Waals surface area contributed by atoms with E-state index in [1.165, 1.54) is 13.3 Å². The number of carbonyl (C=O) groups excluding carboxylic acids is 1. The van der Waals surface area contributed by atoms with Gasteiger partial charge in [-0.3, -0.25) is 4.98 Å². The number of nitrogens with zero attached hydrogens (tertiary/aromatic N) is 1. The summed E-state index contributed by atoms with van der Waals surface area (Å²) in [5.41, 5.74) is 1.80. The maximum absolute atomic E-state index is 11.3. The summed E-state index contributed by atoms with van der Waals surface area (Å²) in [6, 6.07) is 10.6. The van der Waals surface area contributed by atoms with Crippen LogP contribution >= 0.6 is 0 Å². The van der Waals surface area contributed by atoms with E-state index >= 15 is 0 Å². The molecule has 0 amide bonds. The highest BCUT2D eigenvalue weighted by molar-refractivity contribution is 5.88. The van der Waals surface area contributed by atoms with E-state index in [4.69, 9.17) is 4.74 Å². The third-order valence-corrected chi connectivity index (χ3v) is 2.99. The number of esters is 1. The Labute approximate surface area is 123 Å². The Bertz CT molecular complexity index is 608. The number of pyridine rings is 1. The van der Waals surface area contributed by atoms with Crippen LogP contribution < -0.4 is 4.74 Å². The molecule has 0 aliphatic rings. The van der Waals surface area contributed by atoms with Crippen LogP contribution in [-0.4, -0.2) is 23.2 Å². The number of aliphatic hydroxyl groups is 1. The molecule has 0 aliphatic carbocycles. The van der Waals surface area contributed by atoms with Crippen molar-refractivity contribution in [2.24, 2.45) is 0 Å². The van der Waals surface area contributed by atoms with E-state index in [1.807, 2.05) is 18.2 Å². The Balaban J connectivity index is 2.05. The lowest BCUT2D eigenvalue weighted by Crippen LogP contribution is -2.05. The summed E-state index contributed by atoms with van der Waals surface area (Å²) >= 11 is 0. The van der Waals surface area contributed by atoms with Gasteiger partial charge in [-0.05, 0) is 25.1 Å². The first-order valence-corrected chi connectivity index (χ1v) is 6.55.